The predicted octanol–water partition coefficient (Wildman–Crippen LogP) is 1.83. The average Bonchev–Trinajstić information content (AvgIpc) is 2.95. The number of anilines is 1. The van der Waals surface area contributed by atoms with E-state index in [2.05, 4.69) is 9.88 Å². The van der Waals surface area contributed by atoms with Crippen LogP contribution in [0.2, 0.25) is 5.15 Å². The molecule has 1 saturated heterocycles. The molecule has 2 heterocycles. The molecule has 15 heavy (non-hydrogen) atoms. The molecule has 1 aliphatic carbocycles. The molecule has 0 unspecified atom stereocenters. The summed E-state index contributed by atoms with van der Waals surface area (Å²) in [7, 11) is 0. The van der Waals surface area contributed by atoms with Gasteiger partial charge >= 0.3 is 0 Å². The number of pyridine rings is 1. The van der Waals surface area contributed by atoms with E-state index in [-0.39, 0.29) is 6.61 Å². The lowest BCUT2D eigenvalue weighted by Crippen LogP contribution is -2.48. The molecule has 2 fully saturated rings. The summed E-state index contributed by atoms with van der Waals surface area (Å²) in [6, 6.07) is 3.79. The van der Waals surface area contributed by atoms with Crippen LogP contribution in [-0.2, 0) is 6.61 Å². The fourth-order valence-electron chi connectivity index (χ4n) is 2.17. The van der Waals surface area contributed by atoms with Crippen molar-refractivity contribution in [2.24, 2.45) is 5.41 Å². The molecule has 2 aliphatic rings. The first kappa shape index (κ1) is 9.43. The Morgan fingerprint density at radius 3 is 2.67 bits per heavy atom. The molecule has 1 spiro atoms. The number of hydrogen-bond acceptors (Lipinski definition) is 3. The number of nitrogens with zero attached hydrogens (tertiary/aromatic N) is 2. The van der Waals surface area contributed by atoms with Gasteiger partial charge in [0, 0.05) is 24.1 Å². The summed E-state index contributed by atoms with van der Waals surface area (Å²) < 4.78 is 0. The van der Waals surface area contributed by atoms with Crippen LogP contribution in [0.5, 0.6) is 0 Å². The maximum atomic E-state index is 8.97. The highest BCUT2D eigenvalue weighted by molar-refractivity contribution is 6.30. The molecule has 0 amide bonds. The third kappa shape index (κ3) is 1.50. The smallest absolute Gasteiger partial charge is 0.136 e. The van der Waals surface area contributed by atoms with Crippen molar-refractivity contribution in [3.63, 3.8) is 0 Å². The second-order valence-electron chi connectivity index (χ2n) is 4.63. The van der Waals surface area contributed by atoms with E-state index in [1.165, 1.54) is 12.8 Å². The zero-order chi connectivity index (χ0) is 10.5. The minimum absolute atomic E-state index is 0.0456. The molecule has 0 aromatic carbocycles. The molecular weight excluding hydrogens is 212 g/mol. The van der Waals surface area contributed by atoms with Crippen LogP contribution in [0.4, 0.5) is 5.82 Å². The molecule has 1 saturated carbocycles. The fourth-order valence-corrected chi connectivity index (χ4v) is 2.38. The summed E-state index contributed by atoms with van der Waals surface area (Å²) in [5.74, 6) is 0.940. The normalized spacial score (nSPS) is 21.6. The van der Waals surface area contributed by atoms with Crippen LogP contribution in [0.3, 0.4) is 0 Å². The zero-order valence-corrected chi connectivity index (χ0v) is 9.17. The predicted molar refractivity (Wildman–Crippen MR) is 59.0 cm³/mol. The highest BCUT2D eigenvalue weighted by atomic mass is 35.5. The number of aliphatic hydroxyl groups is 1. The van der Waals surface area contributed by atoms with Crippen molar-refractivity contribution in [1.82, 2.24) is 4.98 Å². The van der Waals surface area contributed by atoms with Crippen molar-refractivity contribution in [1.29, 1.82) is 0 Å². The van der Waals surface area contributed by atoms with Gasteiger partial charge in [0.1, 0.15) is 11.0 Å². The minimum Gasteiger partial charge on any atom is -0.392 e. The Balaban J connectivity index is 1.78. The monoisotopic (exact) mass is 224 g/mol. The Kier molecular flexibility index (Phi) is 1.94. The van der Waals surface area contributed by atoms with Crippen molar-refractivity contribution in [3.05, 3.63) is 22.8 Å². The Morgan fingerprint density at radius 2 is 2.13 bits per heavy atom. The standard InChI is InChI=1S/C11H13ClN2O/c12-10-8(5-15)1-2-9(13-10)14-6-11(7-14)3-4-11/h1-2,15H,3-7H2. The van der Waals surface area contributed by atoms with E-state index in [0.717, 1.165) is 18.9 Å². The third-order valence-corrected chi connectivity index (χ3v) is 3.74. The van der Waals surface area contributed by atoms with Gasteiger partial charge in [-0.15, -0.1) is 0 Å². The third-order valence-electron chi connectivity index (χ3n) is 3.42. The molecule has 80 valence electrons. The number of aliphatic hydroxyl groups excluding tert-OH is 1. The first-order valence-corrected chi connectivity index (χ1v) is 5.61. The molecule has 3 nitrogen and oxygen atoms in total. The molecule has 1 aromatic rings. The van der Waals surface area contributed by atoms with Gasteiger partial charge in [0.15, 0.2) is 0 Å². The van der Waals surface area contributed by atoms with Gasteiger partial charge in [0.2, 0.25) is 0 Å². The lowest BCUT2D eigenvalue weighted by Gasteiger charge is -2.41. The van der Waals surface area contributed by atoms with Crippen molar-refractivity contribution in [2.75, 3.05) is 18.0 Å². The average molecular weight is 225 g/mol. The SMILES string of the molecule is OCc1ccc(N2CC3(CC3)C2)nc1Cl. The van der Waals surface area contributed by atoms with Crippen LogP contribution in [-0.4, -0.2) is 23.2 Å². The van der Waals surface area contributed by atoms with E-state index in [1.54, 1.807) is 0 Å². The van der Waals surface area contributed by atoms with Crippen molar-refractivity contribution in [2.45, 2.75) is 19.4 Å². The van der Waals surface area contributed by atoms with Crippen LogP contribution < -0.4 is 4.90 Å². The number of hydrogen-bond donors (Lipinski definition) is 1. The molecule has 0 atom stereocenters. The van der Waals surface area contributed by atoms with Crippen molar-refractivity contribution >= 4 is 17.4 Å². The van der Waals surface area contributed by atoms with Gasteiger partial charge in [-0.05, 0) is 25.0 Å². The fraction of sp³-hybridized carbons (Fsp3) is 0.545. The summed E-state index contributed by atoms with van der Waals surface area (Å²) in [5.41, 5.74) is 1.33. The first-order valence-electron chi connectivity index (χ1n) is 5.24. The molecule has 0 bridgehead atoms. The molecule has 3 rings (SSSR count). The Labute approximate surface area is 93.7 Å². The van der Waals surface area contributed by atoms with Crippen LogP contribution in [0, 0.1) is 5.41 Å². The van der Waals surface area contributed by atoms with Gasteiger partial charge in [0.05, 0.1) is 6.61 Å². The van der Waals surface area contributed by atoms with Gasteiger partial charge < -0.3 is 10.0 Å². The van der Waals surface area contributed by atoms with Crippen LogP contribution in [0.25, 0.3) is 0 Å². The number of halogens is 1. The Bertz CT molecular complexity index is 396. The molecular formula is C11H13ClN2O. The van der Waals surface area contributed by atoms with E-state index >= 15 is 0 Å². The largest absolute Gasteiger partial charge is 0.392 e. The van der Waals surface area contributed by atoms with E-state index < -0.39 is 0 Å². The second kappa shape index (κ2) is 3.09. The minimum atomic E-state index is -0.0456. The van der Waals surface area contributed by atoms with Crippen LogP contribution in [0.1, 0.15) is 18.4 Å². The maximum absolute atomic E-state index is 8.97. The van der Waals surface area contributed by atoms with E-state index in [4.69, 9.17) is 16.7 Å². The van der Waals surface area contributed by atoms with Crippen LogP contribution >= 0.6 is 11.6 Å². The summed E-state index contributed by atoms with van der Waals surface area (Å²) in [6.45, 7) is 2.19. The highest BCUT2D eigenvalue weighted by Crippen LogP contribution is 2.53. The summed E-state index contributed by atoms with van der Waals surface area (Å²) >= 11 is 5.94. The molecule has 4 heteroatoms. The van der Waals surface area contributed by atoms with E-state index in [1.807, 2.05) is 12.1 Å². The second-order valence-corrected chi connectivity index (χ2v) is 4.99. The number of rotatable bonds is 2. The van der Waals surface area contributed by atoms with Gasteiger partial charge in [-0.3, -0.25) is 0 Å². The molecule has 0 radical (unpaired) electrons. The molecule has 1 aromatic heterocycles. The van der Waals surface area contributed by atoms with Gasteiger partial charge in [-0.2, -0.15) is 0 Å². The highest BCUT2D eigenvalue weighted by Gasteiger charge is 2.52. The van der Waals surface area contributed by atoms with E-state index in [0.29, 0.717) is 16.1 Å². The maximum Gasteiger partial charge on any atom is 0.136 e. The summed E-state index contributed by atoms with van der Waals surface area (Å²) in [6.07, 6.45) is 2.73. The Morgan fingerprint density at radius 1 is 1.40 bits per heavy atom. The van der Waals surface area contributed by atoms with Gasteiger partial charge in [0.25, 0.3) is 0 Å². The Hall–Kier alpha value is -0.800. The van der Waals surface area contributed by atoms with Crippen LogP contribution in [0.15, 0.2) is 12.1 Å². The molecule has 1 N–H and O–H groups in total. The van der Waals surface area contributed by atoms with E-state index in [9.17, 15) is 0 Å². The zero-order valence-electron chi connectivity index (χ0n) is 8.41. The summed E-state index contributed by atoms with van der Waals surface area (Å²) in [4.78, 5) is 6.54. The number of aromatic nitrogens is 1. The van der Waals surface area contributed by atoms with Gasteiger partial charge in [-0.25, -0.2) is 4.98 Å². The lowest BCUT2D eigenvalue weighted by molar-refractivity contribution is 0.281. The van der Waals surface area contributed by atoms with Gasteiger partial charge in [-0.1, -0.05) is 11.6 Å². The quantitative estimate of drug-likeness (QED) is 0.779. The van der Waals surface area contributed by atoms with Crippen molar-refractivity contribution in [3.8, 4) is 0 Å². The lowest BCUT2D eigenvalue weighted by atomic mass is 9.97. The molecule has 1 aliphatic heterocycles. The topological polar surface area (TPSA) is 36.4 Å². The van der Waals surface area contributed by atoms with Crippen molar-refractivity contribution < 1.29 is 5.11 Å². The first-order chi connectivity index (χ1) is 7.22. The summed E-state index contributed by atoms with van der Waals surface area (Å²) in [5, 5.41) is 9.40.